The molecule has 10 heteroatoms. The first kappa shape index (κ1) is 17.4. The molecule has 0 unspecified atom stereocenters. The molecule has 1 aliphatic rings. The fourth-order valence-electron chi connectivity index (χ4n) is 2.19. The summed E-state index contributed by atoms with van der Waals surface area (Å²) in [5.74, 6) is 0.209. The third-order valence-electron chi connectivity index (χ3n) is 3.27. The number of para-hydroxylation sites is 1. The van der Waals surface area contributed by atoms with Crippen LogP contribution in [0.2, 0.25) is 0 Å². The van der Waals surface area contributed by atoms with Gasteiger partial charge in [-0.2, -0.15) is 0 Å². The molecular weight excluding hydrogens is 363 g/mol. The number of hydrogen-bond acceptors (Lipinski definition) is 5. The van der Waals surface area contributed by atoms with E-state index in [1.807, 2.05) is 0 Å². The maximum atomic E-state index is 12.4. The lowest BCUT2D eigenvalue weighted by Gasteiger charge is -2.14. The van der Waals surface area contributed by atoms with Crippen LogP contribution in [0.3, 0.4) is 0 Å². The molecule has 0 saturated carbocycles. The lowest BCUT2D eigenvalue weighted by Crippen LogP contribution is -2.25. The van der Waals surface area contributed by atoms with Gasteiger partial charge in [0.15, 0.2) is 11.5 Å². The molecule has 0 fully saturated rings. The lowest BCUT2D eigenvalue weighted by molar-refractivity contribution is -0.275. The number of hydrogen-bond donors (Lipinski definition) is 1. The second-order valence-corrected chi connectivity index (χ2v) is 6.74. The molecular formula is C15H12F3NO5S. The van der Waals surface area contributed by atoms with Gasteiger partial charge in [-0.3, -0.25) is 0 Å². The van der Waals surface area contributed by atoms with Crippen LogP contribution in [-0.2, 0) is 16.6 Å². The van der Waals surface area contributed by atoms with Crippen molar-refractivity contribution >= 4 is 10.0 Å². The average molecular weight is 375 g/mol. The van der Waals surface area contributed by atoms with Crippen molar-refractivity contribution < 1.29 is 35.8 Å². The number of halogens is 3. The van der Waals surface area contributed by atoms with Gasteiger partial charge in [-0.1, -0.05) is 18.2 Å². The molecule has 1 N–H and O–H groups in total. The summed E-state index contributed by atoms with van der Waals surface area (Å²) in [6, 6.07) is 9.34. The van der Waals surface area contributed by atoms with Crippen LogP contribution >= 0.6 is 0 Å². The first-order valence-corrected chi connectivity index (χ1v) is 8.46. The summed E-state index contributed by atoms with van der Waals surface area (Å²) < 4.78 is 78.3. The zero-order chi connectivity index (χ0) is 18.1. The molecule has 0 atom stereocenters. The fraction of sp³-hybridized carbons (Fsp3) is 0.200. The van der Waals surface area contributed by atoms with E-state index in [2.05, 4.69) is 9.46 Å². The summed E-state index contributed by atoms with van der Waals surface area (Å²) in [7, 11) is -4.22. The molecule has 2 aromatic rings. The van der Waals surface area contributed by atoms with E-state index in [1.165, 1.54) is 12.1 Å². The van der Waals surface area contributed by atoms with Crippen LogP contribution in [0, 0.1) is 0 Å². The Bertz CT molecular complexity index is 883. The highest BCUT2D eigenvalue weighted by atomic mass is 32.2. The molecule has 0 bridgehead atoms. The van der Waals surface area contributed by atoms with Crippen LogP contribution < -0.4 is 18.9 Å². The predicted octanol–water partition coefficient (Wildman–Crippen LogP) is 2.79. The smallest absolute Gasteiger partial charge is 0.454 e. The van der Waals surface area contributed by atoms with Crippen LogP contribution in [0.5, 0.6) is 17.2 Å². The minimum atomic E-state index is -5.00. The summed E-state index contributed by atoms with van der Waals surface area (Å²) in [4.78, 5) is -0.604. The largest absolute Gasteiger partial charge is 0.573 e. The molecule has 134 valence electrons. The van der Waals surface area contributed by atoms with E-state index in [0.717, 1.165) is 12.1 Å². The van der Waals surface area contributed by atoms with Crippen molar-refractivity contribution in [3.8, 4) is 17.2 Å². The summed E-state index contributed by atoms with van der Waals surface area (Å²) in [5, 5.41) is 0. The number of fused-ring (bicyclic) bond motifs is 1. The lowest BCUT2D eigenvalue weighted by atomic mass is 10.2. The van der Waals surface area contributed by atoms with Gasteiger partial charge in [0, 0.05) is 6.54 Å². The molecule has 0 aliphatic carbocycles. The van der Waals surface area contributed by atoms with Crippen LogP contribution in [0.1, 0.15) is 5.56 Å². The highest BCUT2D eigenvalue weighted by molar-refractivity contribution is 7.89. The van der Waals surface area contributed by atoms with E-state index in [4.69, 9.17) is 9.47 Å². The highest BCUT2D eigenvalue weighted by Crippen LogP contribution is 2.33. The molecule has 0 saturated heterocycles. The quantitative estimate of drug-likeness (QED) is 0.870. The monoisotopic (exact) mass is 375 g/mol. The van der Waals surface area contributed by atoms with E-state index >= 15 is 0 Å². The number of benzene rings is 2. The third kappa shape index (κ3) is 4.15. The number of rotatable bonds is 5. The van der Waals surface area contributed by atoms with Crippen LogP contribution in [0.25, 0.3) is 0 Å². The van der Waals surface area contributed by atoms with Crippen molar-refractivity contribution in [3.63, 3.8) is 0 Å². The van der Waals surface area contributed by atoms with Gasteiger partial charge < -0.3 is 14.2 Å². The Morgan fingerprint density at radius 2 is 1.80 bits per heavy atom. The van der Waals surface area contributed by atoms with Gasteiger partial charge in [0.2, 0.25) is 16.8 Å². The van der Waals surface area contributed by atoms with Gasteiger partial charge >= 0.3 is 6.36 Å². The summed E-state index contributed by atoms with van der Waals surface area (Å²) in [6.45, 7) is -0.0635. The number of ether oxygens (including phenoxy) is 3. The first-order chi connectivity index (χ1) is 11.7. The molecule has 25 heavy (non-hydrogen) atoms. The molecule has 1 heterocycles. The number of nitrogens with one attached hydrogen (secondary N) is 1. The maximum absolute atomic E-state index is 12.4. The second-order valence-electron chi connectivity index (χ2n) is 5.01. The van der Waals surface area contributed by atoms with Crippen molar-refractivity contribution in [2.75, 3.05) is 6.79 Å². The highest BCUT2D eigenvalue weighted by Gasteiger charge is 2.33. The van der Waals surface area contributed by atoms with Gasteiger partial charge in [0.1, 0.15) is 10.6 Å². The SMILES string of the molecule is O=S(=O)(NCc1ccc2c(c1)OCO2)c1ccccc1OC(F)(F)F. The standard InChI is InChI=1S/C15H12F3NO5S/c16-15(17,18)24-12-3-1-2-4-14(12)25(20,21)19-8-10-5-6-11-13(7-10)23-9-22-11/h1-7,19H,8-9H2. The third-order valence-corrected chi connectivity index (χ3v) is 4.71. The summed E-state index contributed by atoms with van der Waals surface area (Å²) in [6.07, 6.45) is -5.00. The number of sulfonamides is 1. The Morgan fingerprint density at radius 1 is 1.08 bits per heavy atom. The summed E-state index contributed by atoms with van der Waals surface area (Å²) >= 11 is 0. The molecule has 0 aromatic heterocycles. The molecule has 1 aliphatic heterocycles. The first-order valence-electron chi connectivity index (χ1n) is 6.97. The van der Waals surface area contributed by atoms with Crippen LogP contribution in [0.15, 0.2) is 47.4 Å². The Kier molecular flexibility index (Phi) is 4.48. The molecule has 0 radical (unpaired) electrons. The maximum Gasteiger partial charge on any atom is 0.573 e. The van der Waals surface area contributed by atoms with Gasteiger partial charge in [-0.15, -0.1) is 13.2 Å². The van der Waals surface area contributed by atoms with Crippen molar-refractivity contribution in [1.29, 1.82) is 0 Å². The Morgan fingerprint density at radius 3 is 2.56 bits per heavy atom. The molecule has 6 nitrogen and oxygen atoms in total. The minimum Gasteiger partial charge on any atom is -0.454 e. The average Bonchev–Trinajstić information content (AvgIpc) is 2.99. The van der Waals surface area contributed by atoms with Gasteiger partial charge in [-0.05, 0) is 29.8 Å². The van der Waals surface area contributed by atoms with Gasteiger partial charge in [0.05, 0.1) is 0 Å². The minimum absolute atomic E-state index is 0.0761. The van der Waals surface area contributed by atoms with E-state index in [-0.39, 0.29) is 13.3 Å². The second kappa shape index (κ2) is 6.45. The van der Waals surface area contributed by atoms with Crippen molar-refractivity contribution in [2.45, 2.75) is 17.8 Å². The summed E-state index contributed by atoms with van der Waals surface area (Å²) in [5.41, 5.74) is 0.557. The molecule has 0 spiro atoms. The topological polar surface area (TPSA) is 73.9 Å². The fourth-order valence-corrected chi connectivity index (χ4v) is 3.33. The van der Waals surface area contributed by atoms with Crippen molar-refractivity contribution in [3.05, 3.63) is 48.0 Å². The number of alkyl halides is 3. The Labute approximate surface area is 141 Å². The van der Waals surface area contributed by atoms with Crippen LogP contribution in [-0.4, -0.2) is 21.6 Å². The zero-order valence-corrected chi connectivity index (χ0v) is 13.4. The van der Waals surface area contributed by atoms with E-state index in [1.54, 1.807) is 18.2 Å². The normalized spacial score (nSPS) is 13.7. The van der Waals surface area contributed by atoms with Crippen molar-refractivity contribution in [1.82, 2.24) is 4.72 Å². The molecule has 0 amide bonds. The predicted molar refractivity (Wildman–Crippen MR) is 79.7 cm³/mol. The zero-order valence-electron chi connectivity index (χ0n) is 12.5. The van der Waals surface area contributed by atoms with Gasteiger partial charge in [0.25, 0.3) is 0 Å². The van der Waals surface area contributed by atoms with Crippen LogP contribution in [0.4, 0.5) is 13.2 Å². The Balaban J connectivity index is 1.78. The van der Waals surface area contributed by atoms with Crippen molar-refractivity contribution in [2.24, 2.45) is 0 Å². The van der Waals surface area contributed by atoms with E-state index in [9.17, 15) is 21.6 Å². The Hall–Kier alpha value is -2.46. The molecule has 2 aromatic carbocycles. The van der Waals surface area contributed by atoms with E-state index in [0.29, 0.717) is 17.1 Å². The van der Waals surface area contributed by atoms with E-state index < -0.39 is 27.0 Å². The van der Waals surface area contributed by atoms with Gasteiger partial charge in [-0.25, -0.2) is 13.1 Å². The molecule has 3 rings (SSSR count).